The van der Waals surface area contributed by atoms with Crippen LogP contribution in [0.25, 0.3) is 11.1 Å². The monoisotopic (exact) mass is 338 g/mol. The standard InChI is InChI=1S/C20H22N2O3/c1-13(2)22-19(24)12-21-20(25)18-10-8-17(9-11-18)16-6-4-15(5-7-16)14(3)23/h4-11,13H,12H2,1-3H3,(H,21,25)(H,22,24). The first kappa shape index (κ1) is 18.4. The van der Waals surface area contributed by atoms with Crippen LogP contribution in [0.2, 0.25) is 0 Å². The molecule has 25 heavy (non-hydrogen) atoms. The molecule has 2 rings (SSSR count). The zero-order chi connectivity index (χ0) is 18.4. The lowest BCUT2D eigenvalue weighted by atomic mass is 10.0. The number of nitrogens with one attached hydrogen (secondary N) is 2. The van der Waals surface area contributed by atoms with Crippen LogP contribution in [0.4, 0.5) is 0 Å². The van der Waals surface area contributed by atoms with Crippen molar-refractivity contribution in [2.24, 2.45) is 0 Å². The van der Waals surface area contributed by atoms with Crippen molar-refractivity contribution >= 4 is 17.6 Å². The fourth-order valence-electron chi connectivity index (χ4n) is 2.35. The number of benzene rings is 2. The van der Waals surface area contributed by atoms with Crippen LogP contribution in [0.3, 0.4) is 0 Å². The lowest BCUT2D eigenvalue weighted by Crippen LogP contribution is -2.39. The maximum atomic E-state index is 12.1. The van der Waals surface area contributed by atoms with Crippen molar-refractivity contribution in [3.8, 4) is 11.1 Å². The van der Waals surface area contributed by atoms with Gasteiger partial charge >= 0.3 is 0 Å². The molecule has 0 heterocycles. The molecule has 0 aliphatic heterocycles. The molecule has 0 saturated heterocycles. The van der Waals surface area contributed by atoms with Gasteiger partial charge in [0, 0.05) is 17.2 Å². The van der Waals surface area contributed by atoms with E-state index in [4.69, 9.17) is 0 Å². The molecule has 0 bridgehead atoms. The van der Waals surface area contributed by atoms with Crippen LogP contribution in [-0.4, -0.2) is 30.2 Å². The summed E-state index contributed by atoms with van der Waals surface area (Å²) in [6.07, 6.45) is 0. The van der Waals surface area contributed by atoms with Crippen LogP contribution in [0, 0.1) is 0 Å². The van der Waals surface area contributed by atoms with Gasteiger partial charge in [0.1, 0.15) is 0 Å². The Hall–Kier alpha value is -2.95. The number of carbonyl (C=O) groups is 3. The predicted octanol–water partition coefficient (Wildman–Crippen LogP) is 2.81. The average molecular weight is 338 g/mol. The van der Waals surface area contributed by atoms with Gasteiger partial charge in [0.15, 0.2) is 5.78 Å². The van der Waals surface area contributed by atoms with Gasteiger partial charge < -0.3 is 10.6 Å². The first-order valence-corrected chi connectivity index (χ1v) is 8.16. The quantitative estimate of drug-likeness (QED) is 0.795. The van der Waals surface area contributed by atoms with Gasteiger partial charge in [0.05, 0.1) is 6.54 Å². The van der Waals surface area contributed by atoms with E-state index in [1.807, 2.05) is 38.1 Å². The Morgan fingerprint density at radius 1 is 0.840 bits per heavy atom. The Balaban J connectivity index is 2.00. The van der Waals surface area contributed by atoms with Gasteiger partial charge in [0.2, 0.25) is 5.91 Å². The molecular formula is C20H22N2O3. The van der Waals surface area contributed by atoms with Gasteiger partial charge in [-0.3, -0.25) is 14.4 Å². The van der Waals surface area contributed by atoms with Crippen molar-refractivity contribution in [3.63, 3.8) is 0 Å². The number of hydrogen-bond donors (Lipinski definition) is 2. The molecule has 0 atom stereocenters. The van der Waals surface area contributed by atoms with Gasteiger partial charge in [-0.05, 0) is 44.0 Å². The molecule has 0 unspecified atom stereocenters. The molecule has 2 aromatic rings. The summed E-state index contributed by atoms with van der Waals surface area (Å²) in [5.74, 6) is -0.483. The van der Waals surface area contributed by atoms with Gasteiger partial charge in [0.25, 0.3) is 5.91 Å². The minimum Gasteiger partial charge on any atom is -0.352 e. The average Bonchev–Trinajstić information content (AvgIpc) is 2.59. The molecule has 130 valence electrons. The Morgan fingerprint density at radius 2 is 1.32 bits per heavy atom. The molecule has 0 aliphatic rings. The van der Waals surface area contributed by atoms with Crippen LogP contribution in [0.5, 0.6) is 0 Å². The third-order valence-corrected chi connectivity index (χ3v) is 3.63. The molecule has 0 radical (unpaired) electrons. The molecule has 0 saturated carbocycles. The van der Waals surface area contributed by atoms with Crippen molar-refractivity contribution in [2.75, 3.05) is 6.54 Å². The topological polar surface area (TPSA) is 75.3 Å². The number of rotatable bonds is 6. The second-order valence-electron chi connectivity index (χ2n) is 6.12. The Labute approximate surface area is 147 Å². The Bertz CT molecular complexity index is 763. The van der Waals surface area contributed by atoms with Crippen molar-refractivity contribution < 1.29 is 14.4 Å². The summed E-state index contributed by atoms with van der Waals surface area (Å²) < 4.78 is 0. The zero-order valence-electron chi connectivity index (χ0n) is 14.6. The van der Waals surface area contributed by atoms with E-state index in [2.05, 4.69) is 10.6 Å². The first-order chi connectivity index (χ1) is 11.9. The molecule has 2 aromatic carbocycles. The van der Waals surface area contributed by atoms with Crippen LogP contribution >= 0.6 is 0 Å². The van der Waals surface area contributed by atoms with Gasteiger partial charge in [-0.1, -0.05) is 36.4 Å². The smallest absolute Gasteiger partial charge is 0.251 e. The maximum absolute atomic E-state index is 12.1. The summed E-state index contributed by atoms with van der Waals surface area (Å²) in [6.45, 7) is 5.21. The largest absolute Gasteiger partial charge is 0.352 e. The molecule has 0 aromatic heterocycles. The van der Waals surface area contributed by atoms with Crippen molar-refractivity contribution in [1.82, 2.24) is 10.6 Å². The lowest BCUT2D eigenvalue weighted by Gasteiger charge is -2.09. The van der Waals surface area contributed by atoms with E-state index >= 15 is 0 Å². The van der Waals surface area contributed by atoms with E-state index < -0.39 is 0 Å². The number of amides is 2. The summed E-state index contributed by atoms with van der Waals surface area (Å²) in [5.41, 5.74) is 3.07. The highest BCUT2D eigenvalue weighted by molar-refractivity contribution is 5.97. The van der Waals surface area contributed by atoms with Crippen molar-refractivity contribution in [1.29, 1.82) is 0 Å². The van der Waals surface area contributed by atoms with E-state index in [0.29, 0.717) is 11.1 Å². The van der Waals surface area contributed by atoms with E-state index in [0.717, 1.165) is 11.1 Å². The van der Waals surface area contributed by atoms with Crippen LogP contribution in [0.1, 0.15) is 41.5 Å². The number of ketones is 1. The second-order valence-corrected chi connectivity index (χ2v) is 6.12. The summed E-state index contributed by atoms with van der Waals surface area (Å²) in [7, 11) is 0. The summed E-state index contributed by atoms with van der Waals surface area (Å²) in [6, 6.07) is 14.5. The maximum Gasteiger partial charge on any atom is 0.251 e. The minimum atomic E-state index is -0.294. The fourth-order valence-corrected chi connectivity index (χ4v) is 2.35. The summed E-state index contributed by atoms with van der Waals surface area (Å²) in [5, 5.41) is 5.31. The summed E-state index contributed by atoms with van der Waals surface area (Å²) in [4.78, 5) is 34.9. The minimum absolute atomic E-state index is 0.0278. The van der Waals surface area contributed by atoms with Crippen molar-refractivity contribution in [3.05, 3.63) is 59.7 Å². The normalized spacial score (nSPS) is 10.4. The van der Waals surface area contributed by atoms with Gasteiger partial charge in [-0.15, -0.1) is 0 Å². The first-order valence-electron chi connectivity index (χ1n) is 8.16. The molecule has 2 N–H and O–H groups in total. The third kappa shape index (κ3) is 5.28. The fraction of sp³-hybridized carbons (Fsp3) is 0.250. The highest BCUT2D eigenvalue weighted by Crippen LogP contribution is 2.20. The number of hydrogen-bond acceptors (Lipinski definition) is 3. The Kier molecular flexibility index (Phi) is 6.06. The highest BCUT2D eigenvalue weighted by atomic mass is 16.2. The predicted molar refractivity (Wildman–Crippen MR) is 97.5 cm³/mol. The van der Waals surface area contributed by atoms with Gasteiger partial charge in [-0.2, -0.15) is 0 Å². The van der Waals surface area contributed by atoms with Crippen LogP contribution in [-0.2, 0) is 4.79 Å². The van der Waals surface area contributed by atoms with E-state index in [1.165, 1.54) is 6.92 Å². The molecule has 2 amide bonds. The molecule has 5 nitrogen and oxygen atoms in total. The van der Waals surface area contributed by atoms with E-state index in [1.54, 1.807) is 24.3 Å². The third-order valence-electron chi connectivity index (χ3n) is 3.63. The molecule has 0 aliphatic carbocycles. The Morgan fingerprint density at radius 3 is 1.76 bits per heavy atom. The summed E-state index contributed by atoms with van der Waals surface area (Å²) >= 11 is 0. The molecule has 0 spiro atoms. The lowest BCUT2D eigenvalue weighted by molar-refractivity contribution is -0.120. The second kappa shape index (κ2) is 8.24. The van der Waals surface area contributed by atoms with Gasteiger partial charge in [-0.25, -0.2) is 0 Å². The SMILES string of the molecule is CC(=O)c1ccc(-c2ccc(C(=O)NCC(=O)NC(C)C)cc2)cc1. The molecular weight excluding hydrogens is 316 g/mol. The van der Waals surface area contributed by atoms with E-state index in [-0.39, 0.29) is 30.2 Å². The zero-order valence-corrected chi connectivity index (χ0v) is 14.6. The highest BCUT2D eigenvalue weighted by Gasteiger charge is 2.09. The van der Waals surface area contributed by atoms with Crippen molar-refractivity contribution in [2.45, 2.75) is 26.8 Å². The van der Waals surface area contributed by atoms with Crippen LogP contribution < -0.4 is 10.6 Å². The molecule has 0 fully saturated rings. The number of carbonyl (C=O) groups excluding carboxylic acids is 3. The van der Waals surface area contributed by atoms with E-state index in [9.17, 15) is 14.4 Å². The molecule has 5 heteroatoms. The van der Waals surface area contributed by atoms with Crippen LogP contribution in [0.15, 0.2) is 48.5 Å². The number of Topliss-reactive ketones (excluding diaryl/α,β-unsaturated/α-hetero) is 1.